The Bertz CT molecular complexity index is 1030. The summed E-state index contributed by atoms with van der Waals surface area (Å²) in [7, 11) is 0. The Hall–Kier alpha value is -3.02. The predicted molar refractivity (Wildman–Crippen MR) is 188 cm³/mol. The van der Waals surface area contributed by atoms with Crippen molar-refractivity contribution in [3.8, 4) is 11.5 Å². The van der Waals surface area contributed by atoms with E-state index in [1.165, 1.54) is 153 Å². The Morgan fingerprint density at radius 2 is 0.822 bits per heavy atom. The van der Waals surface area contributed by atoms with Crippen LogP contribution in [-0.4, -0.2) is 28.6 Å². The van der Waals surface area contributed by atoms with E-state index in [2.05, 4.69) is 17.6 Å². The van der Waals surface area contributed by atoms with E-state index in [1.807, 2.05) is 0 Å². The summed E-state index contributed by atoms with van der Waals surface area (Å²) < 4.78 is 0. The second kappa shape index (κ2) is 25.2. The van der Waals surface area contributed by atoms with Gasteiger partial charge in [-0.2, -0.15) is 0 Å². The van der Waals surface area contributed by atoms with Gasteiger partial charge in [-0.3, -0.25) is 9.59 Å². The lowest BCUT2D eigenvalue weighted by molar-refractivity contribution is 0.0951. The number of aromatic hydroxyl groups is 2. The van der Waals surface area contributed by atoms with Crippen molar-refractivity contribution in [2.45, 2.75) is 155 Å². The van der Waals surface area contributed by atoms with Gasteiger partial charge in [0.15, 0.2) is 0 Å². The third-order valence-corrected chi connectivity index (χ3v) is 8.64. The molecule has 2 amide bonds. The molecular formula is C39H62N2O4. The topological polar surface area (TPSA) is 98.7 Å². The zero-order valence-electron chi connectivity index (χ0n) is 28.2. The molecule has 0 bridgehead atoms. The summed E-state index contributed by atoms with van der Waals surface area (Å²) in [6, 6.07) is 10.3. The fraction of sp³-hybridized carbons (Fsp3) is 0.641. The number of unbranched alkanes of at least 4 members (excludes halogenated alkanes) is 22. The van der Waals surface area contributed by atoms with Gasteiger partial charge in [-0.25, -0.2) is 0 Å². The van der Waals surface area contributed by atoms with Crippen LogP contribution in [0.25, 0.3) is 0 Å². The molecule has 0 fully saturated rings. The van der Waals surface area contributed by atoms with Crippen molar-refractivity contribution in [1.82, 2.24) is 5.32 Å². The van der Waals surface area contributed by atoms with E-state index in [0.29, 0.717) is 17.7 Å². The molecule has 2 rings (SSSR count). The van der Waals surface area contributed by atoms with Crippen molar-refractivity contribution < 1.29 is 19.8 Å². The van der Waals surface area contributed by atoms with Gasteiger partial charge < -0.3 is 20.8 Å². The number of anilines is 1. The molecular weight excluding hydrogens is 560 g/mol. The summed E-state index contributed by atoms with van der Waals surface area (Å²) in [5, 5.41) is 24.7. The lowest BCUT2D eigenvalue weighted by Crippen LogP contribution is -2.24. The highest BCUT2D eigenvalue weighted by Gasteiger charge is 2.10. The zero-order valence-corrected chi connectivity index (χ0v) is 28.2. The molecule has 2 aromatic rings. The van der Waals surface area contributed by atoms with E-state index in [4.69, 9.17) is 0 Å². The van der Waals surface area contributed by atoms with Gasteiger partial charge in [-0.1, -0.05) is 148 Å². The normalized spacial score (nSPS) is 11.0. The lowest BCUT2D eigenvalue weighted by Gasteiger charge is -2.08. The fourth-order valence-electron chi connectivity index (χ4n) is 5.86. The van der Waals surface area contributed by atoms with Gasteiger partial charge in [0, 0.05) is 41.6 Å². The van der Waals surface area contributed by atoms with Gasteiger partial charge in [0.1, 0.15) is 11.5 Å². The fourth-order valence-corrected chi connectivity index (χ4v) is 5.86. The first-order valence-corrected chi connectivity index (χ1v) is 18.2. The second-order valence-corrected chi connectivity index (χ2v) is 12.8. The van der Waals surface area contributed by atoms with E-state index in [1.54, 1.807) is 24.3 Å². The predicted octanol–water partition coefficient (Wildman–Crippen LogP) is 11.1. The number of hydrogen-bond donors (Lipinski definition) is 4. The molecule has 0 atom stereocenters. The highest BCUT2D eigenvalue weighted by atomic mass is 16.3. The molecule has 0 aliphatic heterocycles. The molecule has 252 valence electrons. The second-order valence-electron chi connectivity index (χ2n) is 12.8. The van der Waals surface area contributed by atoms with Crippen LogP contribution in [0.5, 0.6) is 11.5 Å². The van der Waals surface area contributed by atoms with Crippen LogP contribution in [0, 0.1) is 0 Å². The maximum Gasteiger partial charge on any atom is 0.255 e. The van der Waals surface area contributed by atoms with Gasteiger partial charge in [-0.15, -0.1) is 0 Å². The quantitative estimate of drug-likeness (QED) is 0.0745. The van der Waals surface area contributed by atoms with Gasteiger partial charge in [-0.05, 0) is 30.7 Å². The molecule has 0 aliphatic carbocycles. The van der Waals surface area contributed by atoms with Crippen molar-refractivity contribution in [3.05, 3.63) is 53.6 Å². The van der Waals surface area contributed by atoms with Crippen LogP contribution in [0.15, 0.2) is 42.5 Å². The molecule has 0 spiro atoms. The average molecular weight is 623 g/mol. The minimum Gasteiger partial charge on any atom is -0.508 e. The van der Waals surface area contributed by atoms with Crippen molar-refractivity contribution in [1.29, 1.82) is 0 Å². The Morgan fingerprint density at radius 1 is 0.489 bits per heavy atom. The lowest BCUT2D eigenvalue weighted by atomic mass is 10.0. The Labute approximate surface area is 273 Å². The van der Waals surface area contributed by atoms with Crippen LogP contribution in [0.4, 0.5) is 5.69 Å². The standard InChI is InChI=1S/C39H62N2O4/c1-2-3-4-5-6-7-8-9-10-11-12-13-14-15-16-17-18-19-20-21-22-23-24-29-40-38(44)33-25-27-34(28-26-33)39(45)41-35-30-36(42)32-37(43)31-35/h25-28,30-32,42-43H,2-24,29H2,1H3,(H,40,44)(H,41,45). The van der Waals surface area contributed by atoms with Crippen molar-refractivity contribution in [3.63, 3.8) is 0 Å². The molecule has 0 aliphatic rings. The number of benzene rings is 2. The zero-order chi connectivity index (χ0) is 32.4. The average Bonchev–Trinajstić information content (AvgIpc) is 3.02. The third kappa shape index (κ3) is 19.2. The number of carbonyl (C=O) groups excluding carboxylic acids is 2. The van der Waals surface area contributed by atoms with Crippen LogP contribution in [-0.2, 0) is 0 Å². The summed E-state index contributed by atoms with van der Waals surface area (Å²) in [5.41, 5.74) is 1.18. The molecule has 2 aromatic carbocycles. The Balaban J connectivity index is 1.35. The van der Waals surface area contributed by atoms with E-state index in [-0.39, 0.29) is 23.1 Å². The first-order chi connectivity index (χ1) is 22.0. The van der Waals surface area contributed by atoms with E-state index in [0.717, 1.165) is 12.8 Å². The molecule has 0 saturated heterocycles. The molecule has 0 aromatic heterocycles. The summed E-state index contributed by atoms with van der Waals surface area (Å²) in [6.45, 7) is 2.94. The number of rotatable bonds is 27. The number of hydrogen-bond acceptors (Lipinski definition) is 4. The Kier molecular flexibility index (Phi) is 21.4. The molecule has 0 radical (unpaired) electrons. The molecule has 6 nitrogen and oxygen atoms in total. The number of carbonyl (C=O) groups is 2. The smallest absolute Gasteiger partial charge is 0.255 e. The van der Waals surface area contributed by atoms with Crippen LogP contribution in [0.2, 0.25) is 0 Å². The van der Waals surface area contributed by atoms with Gasteiger partial charge >= 0.3 is 0 Å². The molecule has 0 saturated carbocycles. The van der Waals surface area contributed by atoms with Gasteiger partial charge in [0.05, 0.1) is 0 Å². The maximum absolute atomic E-state index is 12.4. The number of nitrogens with one attached hydrogen (secondary N) is 2. The Morgan fingerprint density at radius 3 is 1.20 bits per heavy atom. The maximum atomic E-state index is 12.4. The molecule has 0 unspecified atom stereocenters. The minimum atomic E-state index is -0.392. The van der Waals surface area contributed by atoms with E-state index in [9.17, 15) is 19.8 Å². The van der Waals surface area contributed by atoms with Crippen LogP contribution in [0.1, 0.15) is 175 Å². The number of phenolic OH excluding ortho intramolecular Hbond substituents is 2. The van der Waals surface area contributed by atoms with Crippen molar-refractivity contribution >= 4 is 17.5 Å². The van der Waals surface area contributed by atoms with Gasteiger partial charge in [0.25, 0.3) is 11.8 Å². The third-order valence-electron chi connectivity index (χ3n) is 8.64. The van der Waals surface area contributed by atoms with E-state index >= 15 is 0 Å². The van der Waals surface area contributed by atoms with E-state index < -0.39 is 5.91 Å². The van der Waals surface area contributed by atoms with Crippen molar-refractivity contribution in [2.24, 2.45) is 0 Å². The highest BCUT2D eigenvalue weighted by Crippen LogP contribution is 2.24. The molecule has 6 heteroatoms. The molecule has 4 N–H and O–H groups in total. The largest absolute Gasteiger partial charge is 0.508 e. The van der Waals surface area contributed by atoms with Crippen molar-refractivity contribution in [2.75, 3.05) is 11.9 Å². The molecule has 45 heavy (non-hydrogen) atoms. The number of amides is 2. The summed E-state index contributed by atoms with van der Waals surface area (Å²) in [4.78, 5) is 24.9. The van der Waals surface area contributed by atoms with Crippen LogP contribution >= 0.6 is 0 Å². The highest BCUT2D eigenvalue weighted by molar-refractivity contribution is 6.05. The molecule has 0 heterocycles. The monoisotopic (exact) mass is 622 g/mol. The summed E-state index contributed by atoms with van der Waals surface area (Å²) in [5.74, 6) is -0.813. The SMILES string of the molecule is CCCCCCCCCCCCCCCCCCCCCCCCCNC(=O)c1ccc(C(=O)Nc2cc(O)cc(O)c2)cc1. The minimum absolute atomic E-state index is 0.140. The van der Waals surface area contributed by atoms with Crippen LogP contribution in [0.3, 0.4) is 0 Å². The van der Waals surface area contributed by atoms with Gasteiger partial charge in [0.2, 0.25) is 0 Å². The summed E-state index contributed by atoms with van der Waals surface area (Å²) in [6.07, 6.45) is 31.4. The summed E-state index contributed by atoms with van der Waals surface area (Å²) >= 11 is 0. The number of phenols is 2. The van der Waals surface area contributed by atoms with Crippen LogP contribution < -0.4 is 10.6 Å². The first kappa shape index (κ1) is 38.2. The first-order valence-electron chi connectivity index (χ1n) is 18.2.